The summed E-state index contributed by atoms with van der Waals surface area (Å²) in [5.41, 5.74) is -0.736. The number of carboxylic acid groups (broad SMARTS) is 1. The quantitative estimate of drug-likeness (QED) is 0.411. The first-order chi connectivity index (χ1) is 6.75. The van der Waals surface area contributed by atoms with Crippen LogP contribution in [0.5, 0.6) is 11.5 Å². The van der Waals surface area contributed by atoms with Gasteiger partial charge in [0.1, 0.15) is 11.3 Å². The van der Waals surface area contributed by atoms with E-state index < -0.39 is 38.0 Å². The summed E-state index contributed by atoms with van der Waals surface area (Å²) >= 11 is 0. The van der Waals surface area contributed by atoms with E-state index in [1.165, 1.54) is 0 Å². The summed E-state index contributed by atoms with van der Waals surface area (Å²) in [6.07, 6.45) is 0. The fraction of sp³-hybridized carbons (Fsp3) is 0. The van der Waals surface area contributed by atoms with Crippen LogP contribution in [-0.2, 0) is 10.1 Å². The Balaban J connectivity index is 0.00000225. The zero-order valence-electron chi connectivity index (χ0n) is 7.08. The van der Waals surface area contributed by atoms with Crippen LogP contribution in [0.2, 0.25) is 0 Å². The Bertz CT molecular complexity index is 522. The molecule has 0 bridgehead atoms. The van der Waals surface area contributed by atoms with Gasteiger partial charge < -0.3 is 15.3 Å². The number of aromatic carboxylic acids is 1. The van der Waals surface area contributed by atoms with Crippen molar-refractivity contribution >= 4 is 45.6 Å². The van der Waals surface area contributed by atoms with E-state index >= 15 is 0 Å². The van der Waals surface area contributed by atoms with E-state index in [9.17, 15) is 18.3 Å². The molecule has 4 N–H and O–H groups in total. The van der Waals surface area contributed by atoms with Crippen molar-refractivity contribution in [1.29, 1.82) is 0 Å². The van der Waals surface area contributed by atoms with Crippen LogP contribution < -0.4 is 0 Å². The second-order valence-corrected chi connectivity index (χ2v) is 3.95. The van der Waals surface area contributed by atoms with Gasteiger partial charge in [0, 0.05) is 0 Å². The molecule has 1 aromatic carbocycles. The van der Waals surface area contributed by atoms with Gasteiger partial charge in [0.25, 0.3) is 0 Å². The average molecular weight is 258 g/mol. The molecule has 0 aliphatic rings. The molecule has 0 unspecified atom stereocenters. The summed E-state index contributed by atoms with van der Waals surface area (Å²) in [6.45, 7) is 0. The number of carbonyl (C=O) groups is 1. The third kappa shape index (κ3) is 2.86. The molecular weight excluding hydrogens is 251 g/mol. The predicted molar refractivity (Wildman–Crippen MR) is 53.7 cm³/mol. The molecule has 1 aromatic rings. The SMILES string of the molecule is O=C(O)c1ccc(O)c(S(=O)(=O)O)c1O.[NaH]. The molecular formula is C7H7NaO7S. The van der Waals surface area contributed by atoms with Crippen molar-refractivity contribution in [2.24, 2.45) is 0 Å². The minimum atomic E-state index is -4.88. The van der Waals surface area contributed by atoms with Gasteiger partial charge in [-0.25, -0.2) is 4.79 Å². The van der Waals surface area contributed by atoms with Crippen molar-refractivity contribution in [3.8, 4) is 11.5 Å². The van der Waals surface area contributed by atoms with Crippen molar-refractivity contribution in [3.05, 3.63) is 17.7 Å². The number of benzene rings is 1. The van der Waals surface area contributed by atoms with Crippen LogP contribution >= 0.6 is 0 Å². The number of hydrogen-bond acceptors (Lipinski definition) is 5. The van der Waals surface area contributed by atoms with Crippen molar-refractivity contribution < 1.29 is 33.1 Å². The summed E-state index contributed by atoms with van der Waals surface area (Å²) in [6, 6.07) is 1.55. The molecule has 0 radical (unpaired) electrons. The minimum absolute atomic E-state index is 0. The first kappa shape index (κ1) is 15.2. The number of carboxylic acids is 1. The third-order valence-electron chi connectivity index (χ3n) is 1.60. The molecule has 9 heteroatoms. The van der Waals surface area contributed by atoms with Gasteiger partial charge in [-0.2, -0.15) is 8.42 Å². The summed E-state index contributed by atoms with van der Waals surface area (Å²) < 4.78 is 30.0. The van der Waals surface area contributed by atoms with Gasteiger partial charge in [-0.3, -0.25) is 4.55 Å². The number of hydrogen-bond donors (Lipinski definition) is 4. The summed E-state index contributed by atoms with van der Waals surface area (Å²) in [5, 5.41) is 26.8. The van der Waals surface area contributed by atoms with Crippen LogP contribution in [0.3, 0.4) is 0 Å². The van der Waals surface area contributed by atoms with E-state index in [1.807, 2.05) is 0 Å². The Morgan fingerprint density at radius 1 is 1.19 bits per heavy atom. The molecule has 0 amide bonds. The van der Waals surface area contributed by atoms with Gasteiger partial charge in [-0.15, -0.1) is 0 Å². The van der Waals surface area contributed by atoms with Gasteiger partial charge >= 0.3 is 45.6 Å². The normalized spacial score (nSPS) is 10.6. The van der Waals surface area contributed by atoms with Gasteiger partial charge in [0.15, 0.2) is 10.6 Å². The Morgan fingerprint density at radius 2 is 1.69 bits per heavy atom. The van der Waals surface area contributed by atoms with E-state index in [4.69, 9.17) is 14.8 Å². The molecule has 7 nitrogen and oxygen atoms in total. The molecule has 0 saturated heterocycles. The van der Waals surface area contributed by atoms with Crippen LogP contribution in [0.25, 0.3) is 0 Å². The van der Waals surface area contributed by atoms with Gasteiger partial charge in [0.05, 0.1) is 0 Å². The topological polar surface area (TPSA) is 132 Å². The summed E-state index contributed by atoms with van der Waals surface area (Å²) in [4.78, 5) is 9.27. The molecule has 0 saturated carbocycles. The third-order valence-corrected chi connectivity index (χ3v) is 2.52. The molecule has 0 heterocycles. The van der Waals surface area contributed by atoms with E-state index in [2.05, 4.69) is 0 Å². The Morgan fingerprint density at radius 3 is 2.06 bits per heavy atom. The van der Waals surface area contributed by atoms with Crippen molar-refractivity contribution in [2.45, 2.75) is 4.90 Å². The molecule has 0 aromatic heterocycles. The molecule has 0 fully saturated rings. The van der Waals surface area contributed by atoms with Crippen LogP contribution in [0, 0.1) is 0 Å². The van der Waals surface area contributed by atoms with E-state index in [0.717, 1.165) is 12.1 Å². The first-order valence-electron chi connectivity index (χ1n) is 3.51. The van der Waals surface area contributed by atoms with Crippen molar-refractivity contribution in [2.75, 3.05) is 0 Å². The Labute approximate surface area is 112 Å². The van der Waals surface area contributed by atoms with E-state index in [-0.39, 0.29) is 29.6 Å². The fourth-order valence-electron chi connectivity index (χ4n) is 0.987. The molecule has 0 aliphatic heterocycles. The first-order valence-corrected chi connectivity index (χ1v) is 4.95. The van der Waals surface area contributed by atoms with Crippen LogP contribution in [0.1, 0.15) is 10.4 Å². The average Bonchev–Trinajstić information content (AvgIpc) is 2.00. The van der Waals surface area contributed by atoms with Crippen molar-refractivity contribution in [3.63, 3.8) is 0 Å². The maximum atomic E-state index is 10.7. The molecule has 0 atom stereocenters. The van der Waals surface area contributed by atoms with Gasteiger partial charge in [-0.1, -0.05) is 0 Å². The monoisotopic (exact) mass is 258 g/mol. The number of rotatable bonds is 2. The standard InChI is InChI=1S/C7H6O7S.Na.H/c8-4-2-1-3(7(10)11)5(9)6(4)15(12,13)14;;/h1-2,8-9H,(H,10,11)(H,12,13,14);;. The number of phenolic OH excluding ortho intramolecular Hbond substituents is 1. The maximum absolute atomic E-state index is 10.7. The zero-order chi connectivity index (χ0) is 11.8. The Hall–Kier alpha value is -0.800. The molecule has 0 spiro atoms. The van der Waals surface area contributed by atoms with E-state index in [0.29, 0.717) is 0 Å². The van der Waals surface area contributed by atoms with Gasteiger partial charge in [0.2, 0.25) is 0 Å². The second kappa shape index (κ2) is 5.02. The van der Waals surface area contributed by atoms with Crippen LogP contribution in [-0.4, -0.2) is 63.8 Å². The summed E-state index contributed by atoms with van der Waals surface area (Å²) in [5.74, 6) is -3.72. The zero-order valence-corrected chi connectivity index (χ0v) is 7.89. The van der Waals surface area contributed by atoms with Crippen LogP contribution in [0.4, 0.5) is 0 Å². The van der Waals surface area contributed by atoms with E-state index in [1.54, 1.807) is 0 Å². The summed E-state index contributed by atoms with van der Waals surface area (Å²) in [7, 11) is -4.88. The molecule has 16 heavy (non-hydrogen) atoms. The van der Waals surface area contributed by atoms with Crippen LogP contribution in [0.15, 0.2) is 17.0 Å². The fourth-order valence-corrected chi connectivity index (χ4v) is 1.67. The predicted octanol–water partition coefficient (Wildman–Crippen LogP) is -0.606. The molecule has 1 rings (SSSR count). The number of aromatic hydroxyl groups is 2. The molecule has 84 valence electrons. The van der Waals surface area contributed by atoms with Gasteiger partial charge in [-0.05, 0) is 12.1 Å². The van der Waals surface area contributed by atoms with Crippen molar-refractivity contribution in [1.82, 2.24) is 0 Å². The second-order valence-electron chi connectivity index (χ2n) is 2.59. The number of phenols is 2. The molecule has 0 aliphatic carbocycles. The Kier molecular flexibility index (Phi) is 4.77.